The molecule has 0 radical (unpaired) electrons. The van der Waals surface area contributed by atoms with Crippen molar-refractivity contribution in [3.8, 4) is 11.1 Å². The summed E-state index contributed by atoms with van der Waals surface area (Å²) < 4.78 is 38.2. The first-order valence-electron chi connectivity index (χ1n) is 18.5. The van der Waals surface area contributed by atoms with Crippen molar-refractivity contribution in [1.29, 1.82) is 0 Å². The number of pyridine rings is 1. The van der Waals surface area contributed by atoms with Crippen molar-refractivity contribution in [1.82, 2.24) is 14.8 Å². The van der Waals surface area contributed by atoms with Gasteiger partial charge in [0.2, 0.25) is 7.37 Å². The maximum absolute atomic E-state index is 15.0. The van der Waals surface area contributed by atoms with Crippen LogP contribution in [0.2, 0.25) is 0 Å². The number of rotatable bonds is 11. The van der Waals surface area contributed by atoms with E-state index in [1.165, 1.54) is 0 Å². The Morgan fingerprint density at radius 3 is 2.04 bits per heavy atom. The van der Waals surface area contributed by atoms with Crippen LogP contribution < -0.4 is 0 Å². The molecule has 0 aliphatic carbocycles. The lowest BCUT2D eigenvalue weighted by Crippen LogP contribution is -2.56. The number of amides is 2. The predicted octanol–water partition coefficient (Wildman–Crippen LogP) is 9.46. The van der Waals surface area contributed by atoms with Crippen molar-refractivity contribution in [3.63, 3.8) is 0 Å². The number of aromatic nitrogens is 1. The van der Waals surface area contributed by atoms with Crippen LogP contribution in [-0.4, -0.2) is 87.3 Å². The van der Waals surface area contributed by atoms with Gasteiger partial charge in [-0.15, -0.1) is 0 Å². The van der Waals surface area contributed by atoms with Gasteiger partial charge in [0.25, 0.3) is 0 Å². The van der Waals surface area contributed by atoms with Crippen LogP contribution in [-0.2, 0) is 34.6 Å². The molecule has 4 rings (SSSR count). The number of esters is 1. The highest BCUT2D eigenvalue weighted by molar-refractivity contribution is 7.62. The number of hydrogen-bond donors (Lipinski definition) is 0. The van der Waals surface area contributed by atoms with Crippen molar-refractivity contribution in [2.24, 2.45) is 0 Å². The zero-order valence-electron chi connectivity index (χ0n) is 33.2. The number of unbranched alkanes of at least 4 members (excludes halogenated alkanes) is 1. The molecule has 11 nitrogen and oxygen atoms in total. The second kappa shape index (κ2) is 16.7. The number of carbonyl (C=O) groups excluding carboxylic acids is 3. The summed E-state index contributed by atoms with van der Waals surface area (Å²) in [6.07, 6.45) is 3.04. The number of benzene rings is 2. The Labute approximate surface area is 315 Å². The van der Waals surface area contributed by atoms with Gasteiger partial charge in [-0.3, -0.25) is 19.2 Å². The SMILES string of the molecule is CCOP1(=O)CCN(Cc2ccccc2-c2cncc3ccccc23)C[C@@]1(CCCCN(C(=O)OC(C)(C)C)C(=O)OC(C)(C)C)C(=O)OC(C)(C)C. The number of nitrogens with zero attached hydrogens (tertiary/aromatic N) is 3. The summed E-state index contributed by atoms with van der Waals surface area (Å²) in [6.45, 7) is 18.7. The molecule has 3 aromatic rings. The molecule has 2 amide bonds. The fourth-order valence-corrected chi connectivity index (χ4v) is 9.58. The van der Waals surface area contributed by atoms with Gasteiger partial charge in [0, 0.05) is 55.7 Å². The Balaban J connectivity index is 1.66. The van der Waals surface area contributed by atoms with Gasteiger partial charge >= 0.3 is 18.2 Å². The van der Waals surface area contributed by atoms with Crippen molar-refractivity contribution < 1.29 is 37.7 Å². The fraction of sp³-hybridized carbons (Fsp3) is 0.561. The zero-order valence-corrected chi connectivity index (χ0v) is 34.1. The number of imide groups is 1. The molecule has 290 valence electrons. The minimum atomic E-state index is -3.62. The largest absolute Gasteiger partial charge is 0.459 e. The first-order valence-corrected chi connectivity index (χ1v) is 20.3. The van der Waals surface area contributed by atoms with Gasteiger partial charge in [0.05, 0.1) is 6.61 Å². The monoisotopic (exact) mass is 751 g/mol. The van der Waals surface area contributed by atoms with Crippen molar-refractivity contribution >= 4 is 36.3 Å². The lowest BCUT2D eigenvalue weighted by atomic mass is 9.95. The molecule has 1 aliphatic heterocycles. The van der Waals surface area contributed by atoms with Crippen molar-refractivity contribution in [3.05, 3.63) is 66.5 Å². The minimum absolute atomic E-state index is 0.0245. The molecular weight excluding hydrogens is 693 g/mol. The van der Waals surface area contributed by atoms with Crippen LogP contribution in [0.5, 0.6) is 0 Å². The summed E-state index contributed by atoms with van der Waals surface area (Å²) in [7, 11) is -3.62. The van der Waals surface area contributed by atoms with E-state index in [1.54, 1.807) is 69.2 Å². The maximum atomic E-state index is 15.0. The lowest BCUT2D eigenvalue weighted by Gasteiger charge is -2.46. The zero-order chi connectivity index (χ0) is 39.2. The van der Waals surface area contributed by atoms with Crippen molar-refractivity contribution in [2.45, 2.75) is 117 Å². The Bertz CT molecular complexity index is 1780. The summed E-state index contributed by atoms with van der Waals surface area (Å²) in [5.41, 5.74) is 0.563. The maximum Gasteiger partial charge on any atom is 0.419 e. The van der Waals surface area contributed by atoms with Crippen LogP contribution in [0.15, 0.2) is 60.9 Å². The van der Waals surface area contributed by atoms with E-state index in [0.29, 0.717) is 25.9 Å². The first kappa shape index (κ1) is 42.0. The number of ether oxygens (including phenoxy) is 3. The molecule has 1 unspecified atom stereocenters. The smallest absolute Gasteiger partial charge is 0.419 e. The standard InChI is InChI=1S/C41H58N3O8P/c1-11-49-53(48)25-24-43(28-31-19-13-15-21-33(31)34-27-42-26-30-18-12-14-20-32(30)34)29-41(53,35(45)50-38(2,3)4)22-16-17-23-44(36(46)51-39(5,6)7)37(47)52-40(8,9)10/h12-15,18-21,26-27H,11,16-17,22-25,28-29H2,1-10H3/t41-,53?/m0/s1. The Morgan fingerprint density at radius 2 is 1.42 bits per heavy atom. The highest BCUT2D eigenvalue weighted by atomic mass is 31.2. The molecule has 0 spiro atoms. The van der Waals surface area contributed by atoms with Crippen LogP contribution in [0.4, 0.5) is 9.59 Å². The van der Waals surface area contributed by atoms with E-state index in [9.17, 15) is 18.9 Å². The summed E-state index contributed by atoms with van der Waals surface area (Å²) in [5.74, 6) is -0.575. The van der Waals surface area contributed by atoms with Crippen LogP contribution in [0.25, 0.3) is 21.9 Å². The van der Waals surface area contributed by atoms with Crippen LogP contribution in [0, 0.1) is 0 Å². The Kier molecular flexibility index (Phi) is 13.2. The normalized spacial score (nSPS) is 19.8. The van der Waals surface area contributed by atoms with Crippen LogP contribution in [0.1, 0.15) is 94.1 Å². The predicted molar refractivity (Wildman–Crippen MR) is 208 cm³/mol. The summed E-state index contributed by atoms with van der Waals surface area (Å²) >= 11 is 0. The first-order chi connectivity index (χ1) is 24.7. The van der Waals surface area contributed by atoms with Crippen molar-refractivity contribution in [2.75, 3.05) is 32.4 Å². The molecule has 53 heavy (non-hydrogen) atoms. The van der Waals surface area contributed by atoms with Crippen LogP contribution in [0.3, 0.4) is 0 Å². The average Bonchev–Trinajstić information content (AvgIpc) is 3.03. The van der Waals surface area contributed by atoms with Gasteiger partial charge in [-0.25, -0.2) is 14.5 Å². The molecule has 2 atom stereocenters. The van der Waals surface area contributed by atoms with E-state index in [4.69, 9.17) is 18.7 Å². The fourth-order valence-electron chi connectivity index (χ4n) is 6.58. The quantitative estimate of drug-likeness (QED) is 0.0810. The third kappa shape index (κ3) is 10.9. The Morgan fingerprint density at radius 1 is 0.811 bits per heavy atom. The topological polar surface area (TPSA) is 125 Å². The minimum Gasteiger partial charge on any atom is -0.459 e. The molecule has 1 fully saturated rings. The van der Waals surface area contributed by atoms with Gasteiger partial charge in [-0.05, 0) is 105 Å². The van der Waals surface area contributed by atoms with Gasteiger partial charge in [0.1, 0.15) is 16.8 Å². The second-order valence-electron chi connectivity index (χ2n) is 16.7. The lowest BCUT2D eigenvalue weighted by molar-refractivity contribution is -0.160. The average molecular weight is 752 g/mol. The molecule has 1 saturated heterocycles. The summed E-state index contributed by atoms with van der Waals surface area (Å²) in [4.78, 5) is 48.4. The third-order valence-corrected chi connectivity index (χ3v) is 12.1. The van der Waals surface area contributed by atoms with Gasteiger partial charge < -0.3 is 18.7 Å². The molecule has 2 aromatic carbocycles. The van der Waals surface area contributed by atoms with E-state index in [0.717, 1.165) is 32.4 Å². The molecule has 0 saturated carbocycles. The highest BCUT2D eigenvalue weighted by Gasteiger charge is 2.59. The number of hydrogen-bond acceptors (Lipinski definition) is 10. The molecule has 0 bridgehead atoms. The number of carbonyl (C=O) groups is 3. The molecule has 1 aliphatic rings. The van der Waals surface area contributed by atoms with Gasteiger partial charge in [0.15, 0.2) is 5.16 Å². The Hall–Kier alpha value is -3.79. The van der Waals surface area contributed by atoms with Crippen LogP contribution >= 0.6 is 7.37 Å². The van der Waals surface area contributed by atoms with E-state index >= 15 is 0 Å². The van der Waals surface area contributed by atoms with E-state index in [1.807, 2.05) is 42.7 Å². The second-order valence-corrected chi connectivity index (χ2v) is 19.6. The van der Waals surface area contributed by atoms with E-state index in [-0.39, 0.29) is 32.3 Å². The summed E-state index contributed by atoms with van der Waals surface area (Å²) in [6, 6.07) is 16.3. The van der Waals surface area contributed by atoms with Gasteiger partial charge in [-0.2, -0.15) is 0 Å². The molecule has 2 heterocycles. The highest BCUT2D eigenvalue weighted by Crippen LogP contribution is 2.64. The van der Waals surface area contributed by atoms with Gasteiger partial charge in [-0.1, -0.05) is 48.5 Å². The molecular formula is C41H58N3O8P. The molecule has 1 aromatic heterocycles. The number of fused-ring (bicyclic) bond motifs is 1. The third-order valence-electron chi connectivity index (χ3n) is 8.78. The van der Waals surface area contributed by atoms with E-state index < -0.39 is 47.5 Å². The van der Waals surface area contributed by atoms with E-state index in [2.05, 4.69) is 28.1 Å². The summed E-state index contributed by atoms with van der Waals surface area (Å²) in [5, 5.41) is 0.633. The molecule has 12 heteroatoms. The molecule has 0 N–H and O–H groups in total.